The molecule has 0 saturated heterocycles. The molecule has 0 aliphatic rings. The lowest BCUT2D eigenvalue weighted by molar-refractivity contribution is -0.130. The molecule has 1 heterocycles. The molecule has 2 rings (SSSR count). The van der Waals surface area contributed by atoms with Crippen molar-refractivity contribution in [3.8, 4) is 10.6 Å². The van der Waals surface area contributed by atoms with Gasteiger partial charge in [0.2, 0.25) is 11.8 Å². The predicted octanol–water partition coefficient (Wildman–Crippen LogP) is 2.21. The lowest BCUT2D eigenvalue weighted by atomic mass is 10.2. The Balaban J connectivity index is 1.95. The summed E-state index contributed by atoms with van der Waals surface area (Å²) in [7, 11) is 3.29. The van der Waals surface area contributed by atoms with Crippen molar-refractivity contribution in [2.24, 2.45) is 0 Å². The predicted molar refractivity (Wildman–Crippen MR) is 88.0 cm³/mol. The minimum atomic E-state index is -0.224. The quantitative estimate of drug-likeness (QED) is 0.910. The average Bonchev–Trinajstić information content (AvgIpc) is 2.93. The molecule has 0 atom stereocenters. The number of likely N-dealkylation sites (N-methyl/N-ethyl adjacent to an activating group) is 1. The number of amides is 2. The fourth-order valence-corrected chi connectivity index (χ4v) is 2.71. The number of carbonyl (C=O) groups excluding carboxylic acids is 2. The number of halogens is 1. The van der Waals surface area contributed by atoms with E-state index >= 15 is 0 Å². The molecular weight excluding hydrogens is 322 g/mol. The van der Waals surface area contributed by atoms with Crippen LogP contribution in [0.25, 0.3) is 10.6 Å². The Kier molecular flexibility index (Phi) is 5.51. The summed E-state index contributed by atoms with van der Waals surface area (Å²) in [6.07, 6.45) is 0.151. The van der Waals surface area contributed by atoms with Gasteiger partial charge in [0, 0.05) is 30.1 Å². The number of hydrogen-bond acceptors (Lipinski definition) is 4. The maximum atomic E-state index is 11.8. The number of aromatic nitrogens is 1. The SMILES string of the molecule is CN(C)C(=O)CNC(=O)Cc1csc(-c2cccc(Cl)c2)n1. The molecule has 2 amide bonds. The summed E-state index contributed by atoms with van der Waals surface area (Å²) in [5.74, 6) is -0.371. The molecule has 0 spiro atoms. The maximum absolute atomic E-state index is 11.8. The van der Waals surface area contributed by atoms with E-state index in [1.54, 1.807) is 20.2 Å². The van der Waals surface area contributed by atoms with Gasteiger partial charge in [0.1, 0.15) is 5.01 Å². The minimum Gasteiger partial charge on any atom is -0.347 e. The summed E-state index contributed by atoms with van der Waals surface area (Å²) in [6, 6.07) is 7.41. The highest BCUT2D eigenvalue weighted by atomic mass is 35.5. The third kappa shape index (κ3) is 4.54. The van der Waals surface area contributed by atoms with Gasteiger partial charge in [-0.2, -0.15) is 0 Å². The van der Waals surface area contributed by atoms with Crippen LogP contribution in [0.4, 0.5) is 0 Å². The van der Waals surface area contributed by atoms with Crippen LogP contribution in [0.1, 0.15) is 5.69 Å². The van der Waals surface area contributed by atoms with E-state index in [2.05, 4.69) is 10.3 Å². The van der Waals surface area contributed by atoms with Crippen LogP contribution in [-0.4, -0.2) is 42.3 Å². The molecule has 0 aliphatic heterocycles. The van der Waals surface area contributed by atoms with Gasteiger partial charge in [0.25, 0.3) is 0 Å². The van der Waals surface area contributed by atoms with E-state index in [-0.39, 0.29) is 24.8 Å². The zero-order valence-corrected chi connectivity index (χ0v) is 13.9. The molecule has 7 heteroatoms. The van der Waals surface area contributed by atoms with Crippen molar-refractivity contribution in [1.82, 2.24) is 15.2 Å². The number of rotatable bonds is 5. The largest absolute Gasteiger partial charge is 0.347 e. The second-order valence-electron chi connectivity index (χ2n) is 4.90. The van der Waals surface area contributed by atoms with Crippen molar-refractivity contribution in [3.63, 3.8) is 0 Å². The molecule has 22 heavy (non-hydrogen) atoms. The summed E-state index contributed by atoms with van der Waals surface area (Å²) >= 11 is 7.42. The summed E-state index contributed by atoms with van der Waals surface area (Å²) in [6.45, 7) is -0.00286. The van der Waals surface area contributed by atoms with Crippen molar-refractivity contribution in [2.45, 2.75) is 6.42 Å². The second kappa shape index (κ2) is 7.38. The Labute approximate surface area is 137 Å². The molecule has 0 unspecified atom stereocenters. The Morgan fingerprint density at radius 2 is 2.14 bits per heavy atom. The van der Waals surface area contributed by atoms with Crippen LogP contribution in [0.15, 0.2) is 29.6 Å². The van der Waals surface area contributed by atoms with Gasteiger partial charge >= 0.3 is 0 Å². The third-order valence-electron chi connectivity index (χ3n) is 2.90. The Bertz CT molecular complexity index is 685. The molecular formula is C15H16ClN3O2S. The average molecular weight is 338 g/mol. The van der Waals surface area contributed by atoms with E-state index in [1.165, 1.54) is 16.2 Å². The fraction of sp³-hybridized carbons (Fsp3) is 0.267. The summed E-state index contributed by atoms with van der Waals surface area (Å²) in [4.78, 5) is 29.1. The number of thiazole rings is 1. The number of nitrogens with one attached hydrogen (secondary N) is 1. The number of carbonyl (C=O) groups is 2. The molecule has 0 radical (unpaired) electrons. The van der Waals surface area contributed by atoms with Crippen LogP contribution in [-0.2, 0) is 16.0 Å². The molecule has 1 aromatic heterocycles. The van der Waals surface area contributed by atoms with Gasteiger partial charge in [-0.1, -0.05) is 23.7 Å². The molecule has 5 nitrogen and oxygen atoms in total. The molecule has 0 fully saturated rings. The molecule has 0 saturated carbocycles. The van der Waals surface area contributed by atoms with Gasteiger partial charge in [0.05, 0.1) is 18.7 Å². The topological polar surface area (TPSA) is 62.3 Å². The van der Waals surface area contributed by atoms with E-state index in [4.69, 9.17) is 11.6 Å². The highest BCUT2D eigenvalue weighted by molar-refractivity contribution is 7.13. The zero-order chi connectivity index (χ0) is 16.1. The van der Waals surface area contributed by atoms with Crippen LogP contribution < -0.4 is 5.32 Å². The van der Waals surface area contributed by atoms with E-state index < -0.39 is 0 Å². The van der Waals surface area contributed by atoms with E-state index in [0.29, 0.717) is 10.7 Å². The molecule has 1 N–H and O–H groups in total. The molecule has 0 aliphatic carbocycles. The number of nitrogens with zero attached hydrogens (tertiary/aromatic N) is 2. The minimum absolute atomic E-state index is 0.00286. The van der Waals surface area contributed by atoms with E-state index in [9.17, 15) is 9.59 Å². The van der Waals surface area contributed by atoms with Gasteiger partial charge in [-0.25, -0.2) is 4.98 Å². The van der Waals surface area contributed by atoms with E-state index in [1.807, 2.05) is 23.6 Å². The van der Waals surface area contributed by atoms with Crippen LogP contribution in [0.2, 0.25) is 5.02 Å². The monoisotopic (exact) mass is 337 g/mol. The molecule has 116 valence electrons. The van der Waals surface area contributed by atoms with Crippen LogP contribution in [0, 0.1) is 0 Å². The number of benzene rings is 1. The lowest BCUT2D eigenvalue weighted by Crippen LogP contribution is -2.36. The summed E-state index contributed by atoms with van der Waals surface area (Å²) < 4.78 is 0. The molecule has 2 aromatic rings. The first kappa shape index (κ1) is 16.5. The zero-order valence-electron chi connectivity index (χ0n) is 12.3. The van der Waals surface area contributed by atoms with Crippen LogP contribution >= 0.6 is 22.9 Å². The van der Waals surface area contributed by atoms with Crippen LogP contribution in [0.5, 0.6) is 0 Å². The fourth-order valence-electron chi connectivity index (χ4n) is 1.70. The van der Waals surface area contributed by atoms with Crippen molar-refractivity contribution >= 4 is 34.8 Å². The highest BCUT2D eigenvalue weighted by Gasteiger charge is 2.11. The van der Waals surface area contributed by atoms with E-state index in [0.717, 1.165) is 10.6 Å². The highest BCUT2D eigenvalue weighted by Crippen LogP contribution is 2.26. The van der Waals surface area contributed by atoms with Crippen molar-refractivity contribution < 1.29 is 9.59 Å². The maximum Gasteiger partial charge on any atom is 0.241 e. The van der Waals surface area contributed by atoms with Gasteiger partial charge in [-0.3, -0.25) is 9.59 Å². The Hall–Kier alpha value is -1.92. The lowest BCUT2D eigenvalue weighted by Gasteiger charge is -2.10. The van der Waals surface area contributed by atoms with Crippen LogP contribution in [0.3, 0.4) is 0 Å². The summed E-state index contributed by atoms with van der Waals surface area (Å²) in [5, 5.41) is 5.88. The first-order chi connectivity index (χ1) is 10.5. The third-order valence-corrected chi connectivity index (χ3v) is 4.08. The smallest absolute Gasteiger partial charge is 0.241 e. The molecule has 0 bridgehead atoms. The van der Waals surface area contributed by atoms with Gasteiger partial charge < -0.3 is 10.2 Å². The normalized spacial score (nSPS) is 10.3. The number of hydrogen-bond donors (Lipinski definition) is 1. The molecule has 1 aromatic carbocycles. The van der Waals surface area contributed by atoms with Crippen molar-refractivity contribution in [1.29, 1.82) is 0 Å². The first-order valence-electron chi connectivity index (χ1n) is 6.63. The standard InChI is InChI=1S/C15H16ClN3O2S/c1-19(2)14(21)8-17-13(20)7-12-9-22-15(18-12)10-4-3-5-11(16)6-10/h3-6,9H,7-8H2,1-2H3,(H,17,20). The van der Waals surface area contributed by atoms with Crippen molar-refractivity contribution in [3.05, 3.63) is 40.4 Å². The first-order valence-corrected chi connectivity index (χ1v) is 7.88. The van der Waals surface area contributed by atoms with Gasteiger partial charge in [-0.05, 0) is 12.1 Å². The Morgan fingerprint density at radius 3 is 2.82 bits per heavy atom. The van der Waals surface area contributed by atoms with Gasteiger partial charge in [-0.15, -0.1) is 11.3 Å². The van der Waals surface area contributed by atoms with Crippen molar-refractivity contribution in [2.75, 3.05) is 20.6 Å². The van der Waals surface area contributed by atoms with Gasteiger partial charge in [0.15, 0.2) is 0 Å². The summed E-state index contributed by atoms with van der Waals surface area (Å²) in [5.41, 5.74) is 1.60. The Morgan fingerprint density at radius 1 is 1.36 bits per heavy atom. The second-order valence-corrected chi connectivity index (χ2v) is 6.19.